The van der Waals surface area contributed by atoms with Gasteiger partial charge in [-0.1, -0.05) is 13.3 Å². The predicted octanol–water partition coefficient (Wildman–Crippen LogP) is 3.58. The fraction of sp³-hybridized carbons (Fsp3) is 0.444. The number of nitrogens with zero attached hydrogens (tertiary/aromatic N) is 1. The normalized spacial score (nSPS) is 11.8. The lowest BCUT2D eigenvalue weighted by Crippen LogP contribution is -1.88. The van der Waals surface area contributed by atoms with Gasteiger partial charge in [0.1, 0.15) is 0 Å². The van der Waals surface area contributed by atoms with Crippen molar-refractivity contribution in [1.29, 1.82) is 0 Å². The zero-order valence-electron chi connectivity index (χ0n) is 7.03. The standard InChI is InChI=1S/C9H12ClN.ClH/c1-2-3-9(10)8-4-6-11-7-5-8;/h4-7,9H,2-3H2,1H3;1H. The van der Waals surface area contributed by atoms with Crippen LogP contribution in [-0.2, 0) is 0 Å². The Labute approximate surface area is 84.6 Å². The Morgan fingerprint density at radius 2 is 2.00 bits per heavy atom. The number of hydrogen-bond donors (Lipinski definition) is 0. The van der Waals surface area contributed by atoms with Gasteiger partial charge in [0, 0.05) is 12.4 Å². The molecule has 0 N–H and O–H groups in total. The molecule has 12 heavy (non-hydrogen) atoms. The number of halogens is 2. The van der Waals surface area contributed by atoms with Gasteiger partial charge in [0.2, 0.25) is 0 Å². The van der Waals surface area contributed by atoms with Crippen LogP contribution in [0, 0.1) is 0 Å². The first kappa shape index (κ1) is 11.7. The maximum Gasteiger partial charge on any atom is 0.0586 e. The summed E-state index contributed by atoms with van der Waals surface area (Å²) in [7, 11) is 0. The smallest absolute Gasteiger partial charge is 0.0586 e. The van der Waals surface area contributed by atoms with Gasteiger partial charge in [-0.15, -0.1) is 24.0 Å². The highest BCUT2D eigenvalue weighted by Crippen LogP contribution is 2.24. The third-order valence-corrected chi connectivity index (χ3v) is 2.08. The van der Waals surface area contributed by atoms with Crippen LogP contribution >= 0.6 is 24.0 Å². The average molecular weight is 206 g/mol. The fourth-order valence-corrected chi connectivity index (χ4v) is 1.36. The molecule has 1 heterocycles. The third-order valence-electron chi connectivity index (χ3n) is 1.61. The minimum Gasteiger partial charge on any atom is -0.265 e. The van der Waals surface area contributed by atoms with Crippen LogP contribution in [-0.4, -0.2) is 4.98 Å². The van der Waals surface area contributed by atoms with Crippen molar-refractivity contribution >= 4 is 24.0 Å². The van der Waals surface area contributed by atoms with Gasteiger partial charge in [0.05, 0.1) is 5.38 Å². The first-order chi connectivity index (χ1) is 5.34. The molecule has 0 spiro atoms. The molecule has 68 valence electrons. The minimum absolute atomic E-state index is 0. The molecule has 0 radical (unpaired) electrons. The Kier molecular flexibility index (Phi) is 6.13. The van der Waals surface area contributed by atoms with Crippen molar-refractivity contribution in [2.24, 2.45) is 0 Å². The Bertz CT molecular complexity index is 201. The Balaban J connectivity index is 0.00000121. The van der Waals surface area contributed by atoms with Crippen LogP contribution in [0.15, 0.2) is 24.5 Å². The number of alkyl halides is 1. The molecule has 1 unspecified atom stereocenters. The zero-order valence-corrected chi connectivity index (χ0v) is 8.61. The van der Waals surface area contributed by atoms with Gasteiger partial charge in [-0.25, -0.2) is 0 Å². The van der Waals surface area contributed by atoms with E-state index in [1.807, 2.05) is 12.1 Å². The molecular weight excluding hydrogens is 193 g/mol. The molecule has 0 saturated carbocycles. The van der Waals surface area contributed by atoms with E-state index >= 15 is 0 Å². The van der Waals surface area contributed by atoms with Gasteiger partial charge in [-0.2, -0.15) is 0 Å². The van der Waals surface area contributed by atoms with Crippen LogP contribution in [0.25, 0.3) is 0 Å². The predicted molar refractivity (Wildman–Crippen MR) is 55.0 cm³/mol. The van der Waals surface area contributed by atoms with Crippen LogP contribution in [0.4, 0.5) is 0 Å². The van der Waals surface area contributed by atoms with Crippen LogP contribution in [0.5, 0.6) is 0 Å². The van der Waals surface area contributed by atoms with E-state index in [-0.39, 0.29) is 17.8 Å². The lowest BCUT2D eigenvalue weighted by molar-refractivity contribution is 0.769. The first-order valence-corrected chi connectivity index (χ1v) is 4.32. The lowest BCUT2D eigenvalue weighted by atomic mass is 10.1. The second-order valence-electron chi connectivity index (χ2n) is 2.54. The molecule has 0 bridgehead atoms. The van der Waals surface area contributed by atoms with Crippen molar-refractivity contribution in [3.63, 3.8) is 0 Å². The topological polar surface area (TPSA) is 12.9 Å². The monoisotopic (exact) mass is 205 g/mol. The molecule has 1 aromatic rings. The van der Waals surface area contributed by atoms with Gasteiger partial charge in [-0.3, -0.25) is 4.98 Å². The summed E-state index contributed by atoms with van der Waals surface area (Å²) in [5.41, 5.74) is 1.17. The minimum atomic E-state index is 0. The van der Waals surface area contributed by atoms with E-state index in [0.717, 1.165) is 12.8 Å². The van der Waals surface area contributed by atoms with E-state index in [0.29, 0.717) is 0 Å². The van der Waals surface area contributed by atoms with Gasteiger partial charge in [0.25, 0.3) is 0 Å². The van der Waals surface area contributed by atoms with Gasteiger partial charge in [-0.05, 0) is 24.1 Å². The van der Waals surface area contributed by atoms with Crippen molar-refractivity contribution in [3.05, 3.63) is 30.1 Å². The molecule has 1 rings (SSSR count). The molecule has 1 nitrogen and oxygen atoms in total. The highest BCUT2D eigenvalue weighted by atomic mass is 35.5. The summed E-state index contributed by atoms with van der Waals surface area (Å²) in [6, 6.07) is 3.93. The van der Waals surface area contributed by atoms with Gasteiger partial charge >= 0.3 is 0 Å². The molecule has 3 heteroatoms. The summed E-state index contributed by atoms with van der Waals surface area (Å²) in [5, 5.41) is 0.156. The van der Waals surface area contributed by atoms with E-state index in [1.54, 1.807) is 12.4 Å². The molecule has 1 aromatic heterocycles. The quantitative estimate of drug-likeness (QED) is 0.688. The molecule has 1 atom stereocenters. The molecule has 0 fully saturated rings. The molecule has 0 saturated heterocycles. The number of aromatic nitrogens is 1. The number of pyridine rings is 1. The van der Waals surface area contributed by atoms with Crippen molar-refractivity contribution in [2.45, 2.75) is 25.1 Å². The van der Waals surface area contributed by atoms with Crippen molar-refractivity contribution < 1.29 is 0 Å². The average Bonchev–Trinajstić information content (AvgIpc) is 2.07. The zero-order chi connectivity index (χ0) is 8.10. The molecule has 0 aliphatic heterocycles. The van der Waals surface area contributed by atoms with Crippen LogP contribution < -0.4 is 0 Å². The van der Waals surface area contributed by atoms with Crippen molar-refractivity contribution in [3.8, 4) is 0 Å². The fourth-order valence-electron chi connectivity index (χ4n) is 0.992. The Morgan fingerprint density at radius 3 is 2.50 bits per heavy atom. The summed E-state index contributed by atoms with van der Waals surface area (Å²) < 4.78 is 0. The molecular formula is C9H13Cl2N. The van der Waals surface area contributed by atoms with E-state index in [9.17, 15) is 0 Å². The maximum absolute atomic E-state index is 6.08. The maximum atomic E-state index is 6.08. The van der Waals surface area contributed by atoms with Crippen LogP contribution in [0.3, 0.4) is 0 Å². The Hall–Kier alpha value is -0.270. The summed E-state index contributed by atoms with van der Waals surface area (Å²) in [5.74, 6) is 0. The number of rotatable bonds is 3. The van der Waals surface area contributed by atoms with E-state index in [2.05, 4.69) is 11.9 Å². The summed E-state index contributed by atoms with van der Waals surface area (Å²) in [6.07, 6.45) is 5.71. The van der Waals surface area contributed by atoms with Crippen LogP contribution in [0.2, 0.25) is 0 Å². The van der Waals surface area contributed by atoms with Gasteiger partial charge in [0.15, 0.2) is 0 Å². The molecule has 0 aromatic carbocycles. The van der Waals surface area contributed by atoms with E-state index in [4.69, 9.17) is 11.6 Å². The van der Waals surface area contributed by atoms with E-state index in [1.165, 1.54) is 5.56 Å². The SMILES string of the molecule is CCCC(Cl)c1ccncc1.Cl. The first-order valence-electron chi connectivity index (χ1n) is 3.88. The lowest BCUT2D eigenvalue weighted by Gasteiger charge is -2.06. The summed E-state index contributed by atoms with van der Waals surface area (Å²) in [4.78, 5) is 3.93. The highest BCUT2D eigenvalue weighted by molar-refractivity contribution is 6.20. The third kappa shape index (κ3) is 3.42. The summed E-state index contributed by atoms with van der Waals surface area (Å²) >= 11 is 6.08. The molecule has 0 amide bonds. The largest absolute Gasteiger partial charge is 0.265 e. The van der Waals surface area contributed by atoms with E-state index < -0.39 is 0 Å². The second kappa shape index (κ2) is 6.27. The molecule has 0 aliphatic rings. The highest BCUT2D eigenvalue weighted by Gasteiger charge is 2.04. The van der Waals surface area contributed by atoms with Crippen molar-refractivity contribution in [1.82, 2.24) is 4.98 Å². The Morgan fingerprint density at radius 1 is 1.42 bits per heavy atom. The summed E-state index contributed by atoms with van der Waals surface area (Å²) in [6.45, 7) is 2.14. The second-order valence-corrected chi connectivity index (χ2v) is 3.06. The molecule has 0 aliphatic carbocycles. The van der Waals surface area contributed by atoms with Gasteiger partial charge < -0.3 is 0 Å². The number of hydrogen-bond acceptors (Lipinski definition) is 1. The van der Waals surface area contributed by atoms with Crippen LogP contribution in [0.1, 0.15) is 30.7 Å². The van der Waals surface area contributed by atoms with Crippen molar-refractivity contribution in [2.75, 3.05) is 0 Å².